The average Bonchev–Trinajstić information content (AvgIpc) is 2.59. The first-order valence-electron chi connectivity index (χ1n) is 10.4. The normalized spacial score (nSPS) is 32.0. The Bertz CT molecular complexity index is 362. The zero-order valence-corrected chi connectivity index (χ0v) is 15.3. The van der Waals surface area contributed by atoms with E-state index in [1.807, 2.05) is 6.08 Å². The number of nitriles is 1. The van der Waals surface area contributed by atoms with Gasteiger partial charge in [0, 0.05) is 6.08 Å². The Morgan fingerprint density at radius 3 is 1.61 bits per heavy atom. The fourth-order valence-electron chi connectivity index (χ4n) is 4.97. The molecule has 0 spiro atoms. The van der Waals surface area contributed by atoms with Crippen molar-refractivity contribution in [2.45, 2.75) is 96.8 Å². The Kier molecular flexibility index (Phi) is 8.80. The van der Waals surface area contributed by atoms with E-state index >= 15 is 0 Å². The zero-order valence-electron chi connectivity index (χ0n) is 15.3. The van der Waals surface area contributed by atoms with Gasteiger partial charge in [0.05, 0.1) is 6.07 Å². The SMILES string of the molecule is CCC[C@H]1CC[C@H](CC[C@H]2CC[C@H](CC/C=C/C#N)CC2)CC1. The molecule has 130 valence electrons. The summed E-state index contributed by atoms with van der Waals surface area (Å²) < 4.78 is 0. The summed E-state index contributed by atoms with van der Waals surface area (Å²) in [7, 11) is 0. The molecule has 0 aromatic carbocycles. The number of hydrogen-bond donors (Lipinski definition) is 0. The topological polar surface area (TPSA) is 23.8 Å². The molecule has 0 N–H and O–H groups in total. The smallest absolute Gasteiger partial charge is 0.0908 e. The van der Waals surface area contributed by atoms with Gasteiger partial charge in [0.1, 0.15) is 0 Å². The van der Waals surface area contributed by atoms with Crippen LogP contribution >= 0.6 is 0 Å². The van der Waals surface area contributed by atoms with Crippen molar-refractivity contribution < 1.29 is 0 Å². The van der Waals surface area contributed by atoms with Crippen LogP contribution < -0.4 is 0 Å². The molecule has 0 bridgehead atoms. The Morgan fingerprint density at radius 2 is 1.17 bits per heavy atom. The summed E-state index contributed by atoms with van der Waals surface area (Å²) in [4.78, 5) is 0. The molecule has 2 saturated carbocycles. The van der Waals surface area contributed by atoms with Crippen LogP contribution in [0.3, 0.4) is 0 Å². The molecule has 0 saturated heterocycles. The lowest BCUT2D eigenvalue weighted by atomic mass is 9.74. The highest BCUT2D eigenvalue weighted by atomic mass is 14.3. The highest BCUT2D eigenvalue weighted by Gasteiger charge is 2.24. The molecule has 1 nitrogen and oxygen atoms in total. The van der Waals surface area contributed by atoms with Gasteiger partial charge < -0.3 is 0 Å². The van der Waals surface area contributed by atoms with Crippen molar-refractivity contribution in [3.63, 3.8) is 0 Å². The van der Waals surface area contributed by atoms with E-state index in [1.165, 1.54) is 83.5 Å². The molecule has 0 atom stereocenters. The maximum absolute atomic E-state index is 8.51. The molecule has 0 aromatic heterocycles. The number of rotatable bonds is 8. The summed E-state index contributed by atoms with van der Waals surface area (Å²) in [6.45, 7) is 2.34. The molecule has 0 heterocycles. The maximum atomic E-state index is 8.51. The molecule has 2 aliphatic rings. The van der Waals surface area contributed by atoms with Crippen LogP contribution in [0.25, 0.3) is 0 Å². The van der Waals surface area contributed by atoms with Gasteiger partial charge in [-0.05, 0) is 36.5 Å². The molecule has 2 fully saturated rings. The van der Waals surface area contributed by atoms with Gasteiger partial charge >= 0.3 is 0 Å². The predicted molar refractivity (Wildman–Crippen MR) is 99.0 cm³/mol. The largest absolute Gasteiger partial charge is 0.193 e. The van der Waals surface area contributed by atoms with Crippen LogP contribution in [0.2, 0.25) is 0 Å². The summed E-state index contributed by atoms with van der Waals surface area (Å²) in [5, 5.41) is 8.51. The molecule has 0 amide bonds. The molecule has 1 heteroatoms. The van der Waals surface area contributed by atoms with E-state index in [0.29, 0.717) is 0 Å². The lowest BCUT2D eigenvalue weighted by Crippen LogP contribution is -2.18. The first kappa shape index (κ1) is 18.6. The molecule has 2 aliphatic carbocycles. The van der Waals surface area contributed by atoms with Crippen LogP contribution in [0.15, 0.2) is 12.2 Å². The van der Waals surface area contributed by atoms with Crippen LogP contribution in [0, 0.1) is 35.0 Å². The Hall–Kier alpha value is -0.770. The van der Waals surface area contributed by atoms with Gasteiger partial charge in [0.25, 0.3) is 0 Å². The van der Waals surface area contributed by atoms with Crippen molar-refractivity contribution in [1.29, 1.82) is 5.26 Å². The minimum Gasteiger partial charge on any atom is -0.193 e. The van der Waals surface area contributed by atoms with Crippen molar-refractivity contribution in [1.82, 2.24) is 0 Å². The fourth-order valence-corrected chi connectivity index (χ4v) is 4.97. The number of nitrogens with zero attached hydrogens (tertiary/aromatic N) is 1. The van der Waals surface area contributed by atoms with Crippen LogP contribution in [0.1, 0.15) is 96.8 Å². The van der Waals surface area contributed by atoms with Crippen molar-refractivity contribution in [3.05, 3.63) is 12.2 Å². The predicted octanol–water partition coefficient (Wildman–Crippen LogP) is 7.04. The second kappa shape index (κ2) is 10.9. The van der Waals surface area contributed by atoms with E-state index < -0.39 is 0 Å². The summed E-state index contributed by atoms with van der Waals surface area (Å²) in [6.07, 6.45) is 23.8. The van der Waals surface area contributed by atoms with Crippen molar-refractivity contribution >= 4 is 0 Å². The van der Waals surface area contributed by atoms with Gasteiger partial charge in [0.15, 0.2) is 0 Å². The summed E-state index contributed by atoms with van der Waals surface area (Å²) in [5.74, 6) is 4.06. The van der Waals surface area contributed by atoms with E-state index in [2.05, 4.69) is 13.0 Å². The van der Waals surface area contributed by atoms with Crippen LogP contribution in [-0.2, 0) is 0 Å². The van der Waals surface area contributed by atoms with Gasteiger partial charge in [-0.25, -0.2) is 0 Å². The van der Waals surface area contributed by atoms with Crippen molar-refractivity contribution in [3.8, 4) is 6.07 Å². The van der Waals surface area contributed by atoms with Gasteiger partial charge in [-0.3, -0.25) is 0 Å². The molecular weight excluding hydrogens is 278 g/mol. The fraction of sp³-hybridized carbons (Fsp3) is 0.864. The minimum absolute atomic E-state index is 0.930. The van der Waals surface area contributed by atoms with E-state index in [9.17, 15) is 0 Å². The third-order valence-corrected chi connectivity index (χ3v) is 6.55. The van der Waals surface area contributed by atoms with E-state index in [1.54, 1.807) is 6.08 Å². The second-order valence-electron chi connectivity index (χ2n) is 8.25. The molecular formula is C22H37N. The average molecular weight is 316 g/mol. The quantitative estimate of drug-likeness (QED) is 0.441. The van der Waals surface area contributed by atoms with Gasteiger partial charge in [-0.2, -0.15) is 5.26 Å². The summed E-state index contributed by atoms with van der Waals surface area (Å²) >= 11 is 0. The maximum Gasteiger partial charge on any atom is 0.0908 e. The molecule has 0 unspecified atom stereocenters. The molecule has 23 heavy (non-hydrogen) atoms. The highest BCUT2D eigenvalue weighted by molar-refractivity contribution is 5.01. The Morgan fingerprint density at radius 1 is 0.739 bits per heavy atom. The Balaban J connectivity index is 1.53. The number of allylic oxidation sites excluding steroid dienone is 2. The molecule has 0 aromatic rings. The van der Waals surface area contributed by atoms with Crippen LogP contribution in [-0.4, -0.2) is 0 Å². The van der Waals surface area contributed by atoms with Gasteiger partial charge in [-0.1, -0.05) is 90.0 Å². The Labute approximate surface area is 144 Å². The molecule has 2 rings (SSSR count). The molecule has 0 aliphatic heterocycles. The third-order valence-electron chi connectivity index (χ3n) is 6.55. The summed E-state index contributed by atoms with van der Waals surface area (Å²) in [5.41, 5.74) is 0. The highest BCUT2D eigenvalue weighted by Crippen LogP contribution is 2.38. The lowest BCUT2D eigenvalue weighted by Gasteiger charge is -2.32. The monoisotopic (exact) mass is 315 g/mol. The van der Waals surface area contributed by atoms with E-state index in [-0.39, 0.29) is 0 Å². The summed E-state index contributed by atoms with van der Waals surface area (Å²) in [6, 6.07) is 2.09. The van der Waals surface area contributed by atoms with E-state index in [4.69, 9.17) is 5.26 Å². The van der Waals surface area contributed by atoms with Crippen LogP contribution in [0.4, 0.5) is 0 Å². The van der Waals surface area contributed by atoms with Crippen LogP contribution in [0.5, 0.6) is 0 Å². The standard InChI is InChI=1S/C22H37N/c1-2-6-19-8-12-21(13-9-19)16-17-22-14-10-20(11-15-22)7-4-3-5-18-23/h3,5,19-22H,2,4,6-17H2,1H3/b5-3+/t19-,20-,21-,22-. The van der Waals surface area contributed by atoms with Crippen molar-refractivity contribution in [2.24, 2.45) is 23.7 Å². The van der Waals surface area contributed by atoms with Crippen molar-refractivity contribution in [2.75, 3.05) is 0 Å². The third kappa shape index (κ3) is 7.11. The minimum atomic E-state index is 0.930. The lowest BCUT2D eigenvalue weighted by molar-refractivity contribution is 0.210. The molecule has 0 radical (unpaired) electrons. The first-order valence-corrected chi connectivity index (χ1v) is 10.4. The van der Waals surface area contributed by atoms with Gasteiger partial charge in [0.2, 0.25) is 0 Å². The number of hydrogen-bond acceptors (Lipinski definition) is 1. The second-order valence-corrected chi connectivity index (χ2v) is 8.25. The first-order chi connectivity index (χ1) is 11.3. The van der Waals surface area contributed by atoms with E-state index in [0.717, 1.165) is 30.1 Å². The zero-order chi connectivity index (χ0) is 16.3. The van der Waals surface area contributed by atoms with Gasteiger partial charge in [-0.15, -0.1) is 0 Å².